The lowest BCUT2D eigenvalue weighted by molar-refractivity contribution is 0.166. The Balaban J connectivity index is 1.84. The van der Waals surface area contributed by atoms with Crippen molar-refractivity contribution >= 4 is 23.4 Å². The predicted molar refractivity (Wildman–Crippen MR) is 99.5 cm³/mol. The monoisotopic (exact) mass is 352 g/mol. The van der Waals surface area contributed by atoms with Crippen LogP contribution >= 0.6 is 11.6 Å². The number of urea groups is 1. The molecule has 2 N–H and O–H groups in total. The zero-order valence-corrected chi connectivity index (χ0v) is 15.9. The summed E-state index contributed by atoms with van der Waals surface area (Å²) in [5, 5.41) is 7.20. The number of hydrogen-bond donors (Lipinski definition) is 2. The molecule has 0 saturated carbocycles. The van der Waals surface area contributed by atoms with E-state index in [1.807, 2.05) is 17.0 Å². The highest BCUT2D eigenvalue weighted by Crippen LogP contribution is 2.23. The molecule has 0 bridgehead atoms. The first-order valence-electron chi connectivity index (χ1n) is 8.73. The zero-order valence-electron chi connectivity index (χ0n) is 15.1. The van der Waals surface area contributed by atoms with Crippen LogP contribution in [0.1, 0.15) is 47.0 Å². The van der Waals surface area contributed by atoms with E-state index in [0.29, 0.717) is 11.1 Å². The average Bonchev–Trinajstić information content (AvgIpc) is 2.54. The SMILES string of the molecule is CC[C@@H](NC(=O)N1CCC(Nc2ncccc2Cl)CC1)C(C)(C)C. The summed E-state index contributed by atoms with van der Waals surface area (Å²) >= 11 is 6.14. The largest absolute Gasteiger partial charge is 0.366 e. The second-order valence-electron chi connectivity index (χ2n) is 7.52. The smallest absolute Gasteiger partial charge is 0.317 e. The molecule has 24 heavy (non-hydrogen) atoms. The molecule has 1 saturated heterocycles. The van der Waals surface area contributed by atoms with Crippen molar-refractivity contribution in [3.8, 4) is 0 Å². The molecule has 1 fully saturated rings. The quantitative estimate of drug-likeness (QED) is 0.856. The number of pyridine rings is 1. The Bertz CT molecular complexity index is 550. The van der Waals surface area contributed by atoms with Crippen LogP contribution in [0.2, 0.25) is 5.02 Å². The third-order valence-corrected chi connectivity index (χ3v) is 4.94. The van der Waals surface area contributed by atoms with E-state index in [4.69, 9.17) is 11.6 Å². The van der Waals surface area contributed by atoms with Crippen LogP contribution < -0.4 is 10.6 Å². The Morgan fingerprint density at radius 3 is 2.62 bits per heavy atom. The lowest BCUT2D eigenvalue weighted by Crippen LogP contribution is -2.52. The number of piperidine rings is 1. The van der Waals surface area contributed by atoms with Crippen molar-refractivity contribution < 1.29 is 4.79 Å². The summed E-state index contributed by atoms with van der Waals surface area (Å²) in [4.78, 5) is 18.7. The summed E-state index contributed by atoms with van der Waals surface area (Å²) in [6.07, 6.45) is 4.46. The molecule has 2 rings (SSSR count). The summed E-state index contributed by atoms with van der Waals surface area (Å²) in [6, 6.07) is 4.18. The number of nitrogens with one attached hydrogen (secondary N) is 2. The van der Waals surface area contributed by atoms with E-state index in [0.717, 1.165) is 38.2 Å². The summed E-state index contributed by atoms with van der Waals surface area (Å²) in [7, 11) is 0. The summed E-state index contributed by atoms with van der Waals surface area (Å²) < 4.78 is 0. The second-order valence-corrected chi connectivity index (χ2v) is 7.92. The lowest BCUT2D eigenvalue weighted by atomic mass is 9.85. The number of aromatic nitrogens is 1. The van der Waals surface area contributed by atoms with E-state index in [1.54, 1.807) is 6.20 Å². The second kappa shape index (κ2) is 8.06. The van der Waals surface area contributed by atoms with Crippen LogP contribution in [-0.2, 0) is 0 Å². The van der Waals surface area contributed by atoms with Gasteiger partial charge < -0.3 is 15.5 Å². The maximum atomic E-state index is 12.5. The van der Waals surface area contributed by atoms with Gasteiger partial charge in [-0.3, -0.25) is 0 Å². The number of halogens is 1. The molecule has 2 amide bonds. The molecule has 0 aliphatic carbocycles. The zero-order chi connectivity index (χ0) is 17.7. The molecule has 0 radical (unpaired) electrons. The Morgan fingerprint density at radius 2 is 2.08 bits per heavy atom. The van der Waals surface area contributed by atoms with Gasteiger partial charge in [-0.25, -0.2) is 9.78 Å². The minimum Gasteiger partial charge on any atom is -0.366 e. The van der Waals surface area contributed by atoms with E-state index >= 15 is 0 Å². The highest BCUT2D eigenvalue weighted by atomic mass is 35.5. The standard InChI is InChI=1S/C18H29ClN4O/c1-5-15(18(2,3)4)22-17(24)23-11-8-13(9-12-23)21-16-14(19)7-6-10-20-16/h6-7,10,13,15H,5,8-9,11-12H2,1-4H3,(H,20,21)(H,22,24)/t15-/m1/s1. The molecule has 6 heteroatoms. The summed E-state index contributed by atoms with van der Waals surface area (Å²) in [5.41, 5.74) is 0.0695. The fraction of sp³-hybridized carbons (Fsp3) is 0.667. The summed E-state index contributed by atoms with van der Waals surface area (Å²) in [5.74, 6) is 0.723. The minimum absolute atomic E-state index is 0.0473. The molecule has 0 unspecified atom stereocenters. The van der Waals surface area contributed by atoms with Gasteiger partial charge in [0.15, 0.2) is 0 Å². The number of carbonyl (C=O) groups excluding carboxylic acids is 1. The number of amides is 2. The highest BCUT2D eigenvalue weighted by Gasteiger charge is 2.28. The Kier molecular flexibility index (Phi) is 6.33. The van der Waals surface area contributed by atoms with Gasteiger partial charge in [-0.15, -0.1) is 0 Å². The molecule has 134 valence electrons. The first kappa shape index (κ1) is 18.8. The van der Waals surface area contributed by atoms with Gasteiger partial charge in [-0.1, -0.05) is 39.3 Å². The van der Waals surface area contributed by atoms with Crippen LogP contribution in [0.4, 0.5) is 10.6 Å². The number of hydrogen-bond acceptors (Lipinski definition) is 3. The predicted octanol–water partition coefficient (Wildman–Crippen LogP) is 4.15. The minimum atomic E-state index is 0.0473. The van der Waals surface area contributed by atoms with Gasteiger partial charge in [0.1, 0.15) is 5.82 Å². The van der Waals surface area contributed by atoms with Crippen LogP contribution in [0.5, 0.6) is 0 Å². The molecule has 1 aliphatic rings. The molecule has 1 aliphatic heterocycles. The van der Waals surface area contributed by atoms with Crippen LogP contribution in [-0.4, -0.2) is 41.1 Å². The average molecular weight is 353 g/mol. The van der Waals surface area contributed by atoms with Crippen molar-refractivity contribution in [1.82, 2.24) is 15.2 Å². The normalized spacial score (nSPS) is 17.5. The number of likely N-dealkylation sites (tertiary alicyclic amines) is 1. The molecule has 0 aromatic carbocycles. The van der Waals surface area contributed by atoms with Crippen molar-refractivity contribution in [2.24, 2.45) is 5.41 Å². The van der Waals surface area contributed by atoms with Gasteiger partial charge in [0.25, 0.3) is 0 Å². The first-order chi connectivity index (χ1) is 11.3. The van der Waals surface area contributed by atoms with Gasteiger partial charge >= 0.3 is 6.03 Å². The first-order valence-corrected chi connectivity index (χ1v) is 9.11. The van der Waals surface area contributed by atoms with Crippen LogP contribution in [0.15, 0.2) is 18.3 Å². The topological polar surface area (TPSA) is 57.3 Å². The van der Waals surface area contributed by atoms with E-state index in [9.17, 15) is 4.79 Å². The van der Waals surface area contributed by atoms with Crippen molar-refractivity contribution in [1.29, 1.82) is 0 Å². The van der Waals surface area contributed by atoms with E-state index < -0.39 is 0 Å². The van der Waals surface area contributed by atoms with Crippen LogP contribution in [0.25, 0.3) is 0 Å². The van der Waals surface area contributed by atoms with Crippen LogP contribution in [0.3, 0.4) is 0 Å². The van der Waals surface area contributed by atoms with Gasteiger partial charge in [0.2, 0.25) is 0 Å². The Hall–Kier alpha value is -1.49. The lowest BCUT2D eigenvalue weighted by Gasteiger charge is -2.36. The van der Waals surface area contributed by atoms with E-state index in [1.165, 1.54) is 0 Å². The highest BCUT2D eigenvalue weighted by molar-refractivity contribution is 6.32. The Labute approximate surface area is 150 Å². The van der Waals surface area contributed by atoms with E-state index in [2.05, 4.69) is 43.3 Å². The third kappa shape index (κ3) is 5.00. The van der Waals surface area contributed by atoms with Crippen molar-refractivity contribution in [2.75, 3.05) is 18.4 Å². The van der Waals surface area contributed by atoms with Crippen molar-refractivity contribution in [3.63, 3.8) is 0 Å². The fourth-order valence-corrected chi connectivity index (χ4v) is 3.26. The van der Waals surface area contributed by atoms with Crippen molar-refractivity contribution in [3.05, 3.63) is 23.4 Å². The van der Waals surface area contributed by atoms with Gasteiger partial charge in [0.05, 0.1) is 5.02 Å². The van der Waals surface area contributed by atoms with Gasteiger partial charge in [-0.05, 0) is 36.8 Å². The molecular weight excluding hydrogens is 324 g/mol. The van der Waals surface area contributed by atoms with Gasteiger partial charge in [0, 0.05) is 31.4 Å². The molecule has 5 nitrogen and oxygen atoms in total. The molecule has 1 atom stereocenters. The third-order valence-electron chi connectivity index (χ3n) is 4.63. The molecule has 1 aromatic rings. The van der Waals surface area contributed by atoms with Crippen LogP contribution in [0, 0.1) is 5.41 Å². The molecule has 1 aromatic heterocycles. The van der Waals surface area contributed by atoms with Crippen molar-refractivity contribution in [2.45, 2.75) is 59.0 Å². The van der Waals surface area contributed by atoms with E-state index in [-0.39, 0.29) is 17.5 Å². The number of nitrogens with zero attached hydrogens (tertiary/aromatic N) is 2. The molecule has 2 heterocycles. The van der Waals surface area contributed by atoms with Gasteiger partial charge in [-0.2, -0.15) is 0 Å². The summed E-state index contributed by atoms with van der Waals surface area (Å²) in [6.45, 7) is 10.1. The molecule has 0 spiro atoms. The fourth-order valence-electron chi connectivity index (χ4n) is 3.08. The number of anilines is 1. The number of rotatable bonds is 4. The maximum absolute atomic E-state index is 12.5. The maximum Gasteiger partial charge on any atom is 0.317 e. The number of carbonyl (C=O) groups is 1. The molecular formula is C18H29ClN4O. The Morgan fingerprint density at radius 1 is 1.42 bits per heavy atom.